The Hall–Kier alpha value is -3.03. The lowest BCUT2D eigenvalue weighted by molar-refractivity contribution is -0.124. The van der Waals surface area contributed by atoms with E-state index in [2.05, 4.69) is 15.3 Å². The van der Waals surface area contributed by atoms with Crippen LogP contribution >= 0.6 is 0 Å². The summed E-state index contributed by atoms with van der Waals surface area (Å²) in [5.41, 5.74) is -0.108. The van der Waals surface area contributed by atoms with E-state index in [0.717, 1.165) is 6.42 Å². The molecule has 7 nitrogen and oxygen atoms in total. The summed E-state index contributed by atoms with van der Waals surface area (Å²) in [5.74, 6) is -1.23. The molecule has 4 rings (SSSR count). The lowest BCUT2D eigenvalue weighted by atomic mass is 9.72. The molecule has 0 radical (unpaired) electrons. The van der Waals surface area contributed by atoms with Gasteiger partial charge in [-0.15, -0.1) is 0 Å². The third-order valence-corrected chi connectivity index (χ3v) is 4.72. The molecule has 1 N–H and O–H groups in total. The van der Waals surface area contributed by atoms with Crippen molar-refractivity contribution in [3.05, 3.63) is 42.0 Å². The van der Waals surface area contributed by atoms with Crippen molar-refractivity contribution in [3.63, 3.8) is 0 Å². The van der Waals surface area contributed by atoms with Crippen LogP contribution in [0.1, 0.15) is 29.8 Å². The molecular formula is C17H15FN4O3. The summed E-state index contributed by atoms with van der Waals surface area (Å²) in [7, 11) is 1.41. The second-order valence-corrected chi connectivity index (χ2v) is 6.07. The van der Waals surface area contributed by atoms with Crippen molar-refractivity contribution in [2.75, 3.05) is 17.3 Å². The number of nitrogens with zero attached hydrogens (tertiary/aromatic N) is 3. The van der Waals surface area contributed by atoms with Gasteiger partial charge in [0.1, 0.15) is 17.1 Å². The van der Waals surface area contributed by atoms with Gasteiger partial charge in [-0.25, -0.2) is 9.37 Å². The molecule has 8 heteroatoms. The first-order valence-electron chi connectivity index (χ1n) is 7.88. The van der Waals surface area contributed by atoms with Crippen LogP contribution in [0.3, 0.4) is 0 Å². The number of fused-ring (bicyclic) bond motifs is 1. The standard InChI is InChI=1S/C17H15FN4O3/c1-25-16-19-8-5-11(21-16)14(23)22-13-4-3-10(18)9-12(13)20-15(24)17(22)6-2-7-17/h3-5,8-9H,2,6-7H2,1H3,(H,20,24). The minimum Gasteiger partial charge on any atom is -0.467 e. The maximum atomic E-state index is 13.6. The third-order valence-electron chi connectivity index (χ3n) is 4.72. The van der Waals surface area contributed by atoms with Crippen LogP contribution in [-0.4, -0.2) is 34.4 Å². The number of halogens is 1. The van der Waals surface area contributed by atoms with E-state index in [1.807, 2.05) is 0 Å². The van der Waals surface area contributed by atoms with Gasteiger partial charge in [0, 0.05) is 6.20 Å². The Morgan fingerprint density at radius 1 is 1.36 bits per heavy atom. The van der Waals surface area contributed by atoms with Crippen molar-refractivity contribution in [1.82, 2.24) is 9.97 Å². The SMILES string of the molecule is COc1nccc(C(=O)N2c3ccc(F)cc3NC(=O)C23CCC3)n1. The fraction of sp³-hybridized carbons (Fsp3) is 0.294. The number of carbonyl (C=O) groups is 2. The maximum absolute atomic E-state index is 13.6. The van der Waals surface area contributed by atoms with Gasteiger partial charge in [-0.05, 0) is 43.5 Å². The van der Waals surface area contributed by atoms with E-state index in [4.69, 9.17) is 4.74 Å². The fourth-order valence-electron chi connectivity index (χ4n) is 3.31. The Bertz CT molecular complexity index is 882. The number of anilines is 2. The van der Waals surface area contributed by atoms with Crippen molar-refractivity contribution in [2.24, 2.45) is 0 Å². The normalized spacial score (nSPS) is 17.5. The third kappa shape index (κ3) is 2.25. The predicted octanol–water partition coefficient (Wildman–Crippen LogP) is 2.15. The Labute approximate surface area is 142 Å². The molecule has 1 saturated carbocycles. The molecule has 1 fully saturated rings. The molecule has 2 heterocycles. The molecule has 0 atom stereocenters. The summed E-state index contributed by atoms with van der Waals surface area (Å²) in [6.07, 6.45) is 3.34. The van der Waals surface area contributed by atoms with Crippen molar-refractivity contribution in [3.8, 4) is 6.01 Å². The highest BCUT2D eigenvalue weighted by atomic mass is 19.1. The quantitative estimate of drug-likeness (QED) is 0.904. The van der Waals surface area contributed by atoms with Crippen molar-refractivity contribution in [2.45, 2.75) is 24.8 Å². The molecule has 25 heavy (non-hydrogen) atoms. The molecule has 2 aromatic rings. The van der Waals surface area contributed by atoms with Crippen LogP contribution in [0.4, 0.5) is 15.8 Å². The number of aromatic nitrogens is 2. The average molecular weight is 342 g/mol. The van der Waals surface area contributed by atoms with E-state index in [9.17, 15) is 14.0 Å². The number of carbonyl (C=O) groups excluding carboxylic acids is 2. The fourth-order valence-corrected chi connectivity index (χ4v) is 3.31. The van der Waals surface area contributed by atoms with Crippen molar-refractivity contribution >= 4 is 23.2 Å². The van der Waals surface area contributed by atoms with E-state index in [1.54, 1.807) is 0 Å². The van der Waals surface area contributed by atoms with E-state index in [1.165, 1.54) is 42.5 Å². The molecule has 0 saturated heterocycles. The van der Waals surface area contributed by atoms with Crippen molar-refractivity contribution in [1.29, 1.82) is 0 Å². The molecule has 1 aliphatic carbocycles. The number of hydrogen-bond acceptors (Lipinski definition) is 5. The summed E-state index contributed by atoms with van der Waals surface area (Å²) in [6.45, 7) is 0. The number of rotatable bonds is 2. The number of nitrogens with one attached hydrogen (secondary N) is 1. The van der Waals surface area contributed by atoms with Crippen LogP contribution in [-0.2, 0) is 4.79 Å². The van der Waals surface area contributed by atoms with E-state index in [0.29, 0.717) is 18.5 Å². The van der Waals surface area contributed by atoms with E-state index >= 15 is 0 Å². The first-order valence-corrected chi connectivity index (χ1v) is 7.88. The number of amides is 2. The van der Waals surface area contributed by atoms with Gasteiger partial charge < -0.3 is 10.1 Å². The van der Waals surface area contributed by atoms with E-state index < -0.39 is 17.3 Å². The van der Waals surface area contributed by atoms with Gasteiger partial charge in [0.15, 0.2) is 0 Å². The Morgan fingerprint density at radius 2 is 2.16 bits per heavy atom. The molecule has 128 valence electrons. The predicted molar refractivity (Wildman–Crippen MR) is 87.0 cm³/mol. The number of benzene rings is 1. The van der Waals surface area contributed by atoms with Crippen LogP contribution in [0.5, 0.6) is 6.01 Å². The summed E-state index contributed by atoms with van der Waals surface area (Å²) in [6, 6.07) is 5.51. The second-order valence-electron chi connectivity index (χ2n) is 6.07. The van der Waals surface area contributed by atoms with Gasteiger partial charge in [0.05, 0.1) is 18.5 Å². The Morgan fingerprint density at radius 3 is 2.84 bits per heavy atom. The van der Waals surface area contributed by atoms with E-state index in [-0.39, 0.29) is 23.3 Å². The number of ether oxygens (including phenoxy) is 1. The Balaban J connectivity index is 1.84. The van der Waals surface area contributed by atoms with Gasteiger partial charge in [0.2, 0.25) is 0 Å². The topological polar surface area (TPSA) is 84.4 Å². The average Bonchev–Trinajstić information content (AvgIpc) is 2.58. The van der Waals surface area contributed by atoms with Crippen LogP contribution in [0, 0.1) is 5.82 Å². The number of hydrogen-bond donors (Lipinski definition) is 1. The van der Waals surface area contributed by atoms with Crippen LogP contribution in [0.15, 0.2) is 30.5 Å². The molecule has 2 amide bonds. The largest absolute Gasteiger partial charge is 0.467 e. The first kappa shape index (κ1) is 15.5. The summed E-state index contributed by atoms with van der Waals surface area (Å²) >= 11 is 0. The van der Waals surface area contributed by atoms with Crippen molar-refractivity contribution < 1.29 is 18.7 Å². The highest BCUT2D eigenvalue weighted by Gasteiger charge is 2.55. The summed E-state index contributed by atoms with van der Waals surface area (Å²) in [5, 5.41) is 2.72. The minimum atomic E-state index is -0.958. The highest BCUT2D eigenvalue weighted by Crippen LogP contribution is 2.47. The molecule has 2 aliphatic rings. The van der Waals surface area contributed by atoms with Crippen LogP contribution < -0.4 is 15.0 Å². The van der Waals surface area contributed by atoms with Crippen LogP contribution in [0.25, 0.3) is 0 Å². The lowest BCUT2D eigenvalue weighted by Gasteiger charge is -2.51. The van der Waals surface area contributed by atoms with Gasteiger partial charge in [-0.1, -0.05) is 0 Å². The highest BCUT2D eigenvalue weighted by molar-refractivity contribution is 6.18. The van der Waals surface area contributed by atoms with Gasteiger partial charge in [-0.2, -0.15) is 4.98 Å². The molecular weight excluding hydrogens is 327 g/mol. The zero-order valence-corrected chi connectivity index (χ0v) is 13.5. The summed E-state index contributed by atoms with van der Waals surface area (Å²) in [4.78, 5) is 35.2. The zero-order chi connectivity index (χ0) is 17.6. The summed E-state index contributed by atoms with van der Waals surface area (Å²) < 4.78 is 18.5. The lowest BCUT2D eigenvalue weighted by Crippen LogP contribution is -2.65. The minimum absolute atomic E-state index is 0.0642. The maximum Gasteiger partial charge on any atom is 0.316 e. The molecule has 1 aliphatic heterocycles. The van der Waals surface area contributed by atoms with Gasteiger partial charge in [0.25, 0.3) is 11.8 Å². The van der Waals surface area contributed by atoms with Crippen LogP contribution in [0.2, 0.25) is 0 Å². The smallest absolute Gasteiger partial charge is 0.316 e. The van der Waals surface area contributed by atoms with Gasteiger partial charge >= 0.3 is 6.01 Å². The second kappa shape index (κ2) is 5.51. The monoisotopic (exact) mass is 342 g/mol. The number of methoxy groups -OCH3 is 1. The molecule has 0 bridgehead atoms. The van der Waals surface area contributed by atoms with Gasteiger partial charge in [-0.3, -0.25) is 14.5 Å². The molecule has 0 unspecified atom stereocenters. The molecule has 1 aromatic carbocycles. The first-order chi connectivity index (χ1) is 12.0. The molecule has 1 spiro atoms. The zero-order valence-electron chi connectivity index (χ0n) is 13.5. The Kier molecular flexibility index (Phi) is 3.41. The molecule has 1 aromatic heterocycles.